The average molecular weight is 570 g/mol. The van der Waals surface area contributed by atoms with E-state index in [4.69, 9.17) is 9.73 Å². The second-order valence-corrected chi connectivity index (χ2v) is 8.24. The molecule has 33 heavy (non-hydrogen) atoms. The van der Waals surface area contributed by atoms with Crippen molar-refractivity contribution in [2.75, 3.05) is 45.7 Å². The van der Waals surface area contributed by atoms with E-state index in [1.54, 1.807) is 12.1 Å². The van der Waals surface area contributed by atoms with Crippen molar-refractivity contribution in [2.24, 2.45) is 4.99 Å². The first-order chi connectivity index (χ1) is 15.5. The molecule has 1 aliphatic heterocycles. The van der Waals surface area contributed by atoms with Gasteiger partial charge in [0.05, 0.1) is 19.3 Å². The van der Waals surface area contributed by atoms with Crippen LogP contribution in [0.5, 0.6) is 5.75 Å². The minimum Gasteiger partial charge on any atom is -0.494 e. The molecule has 0 spiro atoms. The fraction of sp³-hybridized carbons (Fsp3) is 0.500. The quantitative estimate of drug-likeness (QED) is 0.287. The Kier molecular flexibility index (Phi) is 11.1. The Bertz CT molecular complexity index is 902. The lowest BCUT2D eigenvalue weighted by molar-refractivity contribution is 0.198. The third-order valence-electron chi connectivity index (χ3n) is 5.54. The zero-order valence-corrected chi connectivity index (χ0v) is 22.3. The molecule has 0 atom stereocenters. The molecule has 2 aromatic rings. The van der Waals surface area contributed by atoms with Gasteiger partial charge in [-0.1, -0.05) is 12.1 Å². The number of halogens is 2. The summed E-state index contributed by atoms with van der Waals surface area (Å²) in [6, 6.07) is 11.6. The van der Waals surface area contributed by atoms with Crippen LogP contribution in [0.3, 0.4) is 0 Å². The molecule has 3 rings (SSSR count). The van der Waals surface area contributed by atoms with E-state index in [9.17, 15) is 4.39 Å². The summed E-state index contributed by atoms with van der Waals surface area (Å²) in [5.41, 5.74) is 1.91. The SMILES string of the molecule is CCNC(=NCc1cccc(N(C)C)n1)NC1CCN(Cc2ccc(OC)c(F)c2)CC1.I. The van der Waals surface area contributed by atoms with Gasteiger partial charge < -0.3 is 20.3 Å². The molecule has 0 aliphatic carbocycles. The van der Waals surface area contributed by atoms with E-state index in [1.807, 2.05) is 43.3 Å². The van der Waals surface area contributed by atoms with Crippen LogP contribution in [0.4, 0.5) is 10.2 Å². The van der Waals surface area contributed by atoms with Gasteiger partial charge in [0.1, 0.15) is 5.82 Å². The number of aliphatic imine (C=N–C) groups is 1. The number of likely N-dealkylation sites (tertiary alicyclic amines) is 1. The molecule has 182 valence electrons. The molecule has 0 saturated carbocycles. The summed E-state index contributed by atoms with van der Waals surface area (Å²) >= 11 is 0. The highest BCUT2D eigenvalue weighted by Crippen LogP contribution is 2.20. The Morgan fingerprint density at radius 1 is 1.24 bits per heavy atom. The number of nitrogens with zero attached hydrogens (tertiary/aromatic N) is 4. The molecule has 0 bridgehead atoms. The second-order valence-electron chi connectivity index (χ2n) is 8.24. The van der Waals surface area contributed by atoms with Gasteiger partial charge in [0.15, 0.2) is 17.5 Å². The van der Waals surface area contributed by atoms with Crippen LogP contribution < -0.4 is 20.3 Å². The molecule has 2 N–H and O–H groups in total. The third kappa shape index (κ3) is 8.29. The molecule has 9 heteroatoms. The molecule has 1 saturated heterocycles. The standard InChI is InChI=1S/C24H35FN6O.HI/c1-5-26-24(27-16-20-7-6-8-23(28-20)30(2)3)29-19-11-13-31(14-12-19)17-18-9-10-22(32-4)21(25)15-18;/h6-10,15,19H,5,11-14,16-17H2,1-4H3,(H2,26,27,29);1H. The average Bonchev–Trinajstić information content (AvgIpc) is 2.79. The normalized spacial score (nSPS) is 15.0. The molecule has 1 aliphatic rings. The summed E-state index contributed by atoms with van der Waals surface area (Å²) in [5, 5.41) is 6.91. The van der Waals surface area contributed by atoms with Crippen LogP contribution >= 0.6 is 24.0 Å². The fourth-order valence-corrected chi connectivity index (χ4v) is 3.78. The van der Waals surface area contributed by atoms with Crippen LogP contribution in [0.15, 0.2) is 41.4 Å². The van der Waals surface area contributed by atoms with Crippen molar-refractivity contribution in [3.8, 4) is 5.75 Å². The number of nitrogens with one attached hydrogen (secondary N) is 2. The number of benzene rings is 1. The summed E-state index contributed by atoms with van der Waals surface area (Å²) in [7, 11) is 5.45. The van der Waals surface area contributed by atoms with Crippen molar-refractivity contribution in [3.63, 3.8) is 0 Å². The minimum absolute atomic E-state index is 0. The molecule has 0 unspecified atom stereocenters. The van der Waals surface area contributed by atoms with Gasteiger partial charge in [-0.15, -0.1) is 24.0 Å². The molecular weight excluding hydrogens is 534 g/mol. The largest absolute Gasteiger partial charge is 0.494 e. The van der Waals surface area contributed by atoms with Crippen molar-refractivity contribution in [1.29, 1.82) is 0 Å². The first-order valence-electron chi connectivity index (χ1n) is 11.2. The monoisotopic (exact) mass is 570 g/mol. The van der Waals surface area contributed by atoms with Crippen LogP contribution in [0, 0.1) is 5.82 Å². The number of piperidine rings is 1. The minimum atomic E-state index is -0.307. The maximum absolute atomic E-state index is 14.0. The predicted molar refractivity (Wildman–Crippen MR) is 143 cm³/mol. The van der Waals surface area contributed by atoms with Crippen molar-refractivity contribution < 1.29 is 9.13 Å². The van der Waals surface area contributed by atoms with E-state index < -0.39 is 0 Å². The van der Waals surface area contributed by atoms with Gasteiger partial charge in [-0.3, -0.25) is 4.90 Å². The Morgan fingerprint density at radius 3 is 2.64 bits per heavy atom. The second kappa shape index (κ2) is 13.5. The number of rotatable bonds is 8. The van der Waals surface area contributed by atoms with Crippen LogP contribution in [-0.2, 0) is 13.1 Å². The van der Waals surface area contributed by atoms with E-state index in [0.717, 1.165) is 62.1 Å². The topological polar surface area (TPSA) is 65.0 Å². The Balaban J connectivity index is 0.00000385. The molecule has 1 fully saturated rings. The van der Waals surface area contributed by atoms with E-state index in [0.29, 0.717) is 12.6 Å². The van der Waals surface area contributed by atoms with Gasteiger partial charge >= 0.3 is 0 Å². The molecule has 1 aromatic carbocycles. The van der Waals surface area contributed by atoms with Gasteiger partial charge in [-0.05, 0) is 49.6 Å². The van der Waals surface area contributed by atoms with Crippen LogP contribution in [0.2, 0.25) is 0 Å². The summed E-state index contributed by atoms with van der Waals surface area (Å²) in [5.74, 6) is 1.73. The summed E-state index contributed by atoms with van der Waals surface area (Å²) < 4.78 is 19.0. The maximum Gasteiger partial charge on any atom is 0.191 e. The lowest BCUT2D eigenvalue weighted by Crippen LogP contribution is -2.48. The number of ether oxygens (including phenoxy) is 1. The van der Waals surface area contributed by atoms with E-state index >= 15 is 0 Å². The number of pyridine rings is 1. The van der Waals surface area contributed by atoms with Crippen LogP contribution in [0.25, 0.3) is 0 Å². The first-order valence-corrected chi connectivity index (χ1v) is 11.2. The number of methoxy groups -OCH3 is 1. The highest BCUT2D eigenvalue weighted by Gasteiger charge is 2.20. The number of aromatic nitrogens is 1. The maximum atomic E-state index is 14.0. The smallest absolute Gasteiger partial charge is 0.191 e. The van der Waals surface area contributed by atoms with Crippen molar-refractivity contribution in [2.45, 2.75) is 38.9 Å². The summed E-state index contributed by atoms with van der Waals surface area (Å²) in [6.07, 6.45) is 2.02. The highest BCUT2D eigenvalue weighted by molar-refractivity contribution is 14.0. The highest BCUT2D eigenvalue weighted by atomic mass is 127. The van der Waals surface area contributed by atoms with E-state index in [1.165, 1.54) is 7.11 Å². The molecule has 7 nitrogen and oxygen atoms in total. The van der Waals surface area contributed by atoms with Gasteiger partial charge in [0.2, 0.25) is 0 Å². The van der Waals surface area contributed by atoms with Crippen LogP contribution in [-0.4, -0.2) is 62.7 Å². The summed E-state index contributed by atoms with van der Waals surface area (Å²) in [4.78, 5) is 13.7. The predicted octanol–water partition coefficient (Wildman–Crippen LogP) is 3.63. The fourth-order valence-electron chi connectivity index (χ4n) is 3.78. The summed E-state index contributed by atoms with van der Waals surface area (Å²) in [6.45, 7) is 6.06. The number of anilines is 1. The molecule has 1 aromatic heterocycles. The lowest BCUT2D eigenvalue weighted by atomic mass is 10.0. The Labute approximate surface area is 213 Å². The number of hydrogen-bond acceptors (Lipinski definition) is 5. The Morgan fingerprint density at radius 2 is 2.00 bits per heavy atom. The number of guanidine groups is 1. The lowest BCUT2D eigenvalue weighted by Gasteiger charge is -2.33. The van der Waals surface area contributed by atoms with Gasteiger partial charge in [0, 0.05) is 46.3 Å². The van der Waals surface area contributed by atoms with Crippen molar-refractivity contribution in [1.82, 2.24) is 20.5 Å². The van der Waals surface area contributed by atoms with Crippen molar-refractivity contribution in [3.05, 3.63) is 53.5 Å². The molecular formula is C24H36FIN6O. The zero-order chi connectivity index (χ0) is 22.9. The Hall–Kier alpha value is -2.14. The third-order valence-corrected chi connectivity index (χ3v) is 5.54. The van der Waals surface area contributed by atoms with Gasteiger partial charge in [-0.25, -0.2) is 14.4 Å². The molecule has 2 heterocycles. The van der Waals surface area contributed by atoms with Crippen molar-refractivity contribution >= 4 is 35.8 Å². The zero-order valence-electron chi connectivity index (χ0n) is 20.0. The molecule has 0 amide bonds. The van der Waals surface area contributed by atoms with Gasteiger partial charge in [-0.2, -0.15) is 0 Å². The first kappa shape index (κ1) is 27.1. The molecule has 0 radical (unpaired) electrons. The van der Waals surface area contributed by atoms with E-state index in [2.05, 4.69) is 27.4 Å². The van der Waals surface area contributed by atoms with Gasteiger partial charge in [0.25, 0.3) is 0 Å². The van der Waals surface area contributed by atoms with Crippen LogP contribution in [0.1, 0.15) is 31.0 Å². The van der Waals surface area contributed by atoms with E-state index in [-0.39, 0.29) is 35.5 Å². The number of hydrogen-bond donors (Lipinski definition) is 2.